The third-order valence-corrected chi connectivity index (χ3v) is 3.63. The van der Waals surface area contributed by atoms with E-state index in [4.69, 9.17) is 9.47 Å². The number of esters is 1. The molecule has 2 atom stereocenters. The molecule has 0 aromatic heterocycles. The predicted molar refractivity (Wildman–Crippen MR) is 77.5 cm³/mol. The Balaban J connectivity index is 1.86. The van der Waals surface area contributed by atoms with Gasteiger partial charge in [0.05, 0.1) is 12.5 Å². The van der Waals surface area contributed by atoms with E-state index in [-0.39, 0.29) is 30.6 Å². The highest BCUT2D eigenvalue weighted by Crippen LogP contribution is 2.25. The second-order valence-electron chi connectivity index (χ2n) is 5.23. The van der Waals surface area contributed by atoms with Crippen LogP contribution in [0.3, 0.4) is 0 Å². The van der Waals surface area contributed by atoms with Gasteiger partial charge in [-0.3, -0.25) is 4.79 Å². The van der Waals surface area contributed by atoms with Crippen LogP contribution in [0.15, 0.2) is 30.3 Å². The van der Waals surface area contributed by atoms with Gasteiger partial charge in [0.25, 0.3) is 0 Å². The summed E-state index contributed by atoms with van der Waals surface area (Å²) in [5, 5.41) is 0. The van der Waals surface area contributed by atoms with Crippen molar-refractivity contribution in [2.24, 2.45) is 5.92 Å². The number of benzene rings is 1. The summed E-state index contributed by atoms with van der Waals surface area (Å²) in [7, 11) is 0. The molecule has 0 bridgehead atoms. The predicted octanol–water partition coefficient (Wildman–Crippen LogP) is 2.60. The van der Waals surface area contributed by atoms with E-state index in [9.17, 15) is 9.59 Å². The van der Waals surface area contributed by atoms with E-state index in [1.165, 1.54) is 0 Å². The summed E-state index contributed by atoms with van der Waals surface area (Å²) in [4.78, 5) is 25.4. The average molecular weight is 291 g/mol. The molecular weight excluding hydrogens is 270 g/mol. The number of carbonyl (C=O) groups excluding carboxylic acids is 2. The van der Waals surface area contributed by atoms with Crippen molar-refractivity contribution < 1.29 is 19.1 Å². The van der Waals surface area contributed by atoms with Crippen molar-refractivity contribution in [1.82, 2.24) is 4.90 Å². The van der Waals surface area contributed by atoms with E-state index in [2.05, 4.69) is 0 Å². The molecule has 1 fully saturated rings. The minimum atomic E-state index is -0.377. The first-order valence-corrected chi connectivity index (χ1v) is 7.25. The molecule has 5 nitrogen and oxygen atoms in total. The summed E-state index contributed by atoms with van der Waals surface area (Å²) in [5.74, 6) is -0.480. The van der Waals surface area contributed by atoms with Gasteiger partial charge in [-0.05, 0) is 25.8 Å². The highest BCUT2D eigenvalue weighted by molar-refractivity contribution is 5.76. The molecule has 2 unspecified atom stereocenters. The molecule has 1 saturated heterocycles. The van der Waals surface area contributed by atoms with Crippen molar-refractivity contribution in [3.63, 3.8) is 0 Å². The molecule has 0 N–H and O–H groups in total. The fraction of sp³-hybridized carbons (Fsp3) is 0.500. The summed E-state index contributed by atoms with van der Waals surface area (Å²) in [6.45, 7) is 4.67. The first-order chi connectivity index (χ1) is 10.1. The van der Waals surface area contributed by atoms with Crippen LogP contribution in [0, 0.1) is 5.92 Å². The largest absolute Gasteiger partial charge is 0.466 e. The summed E-state index contributed by atoms with van der Waals surface area (Å²) >= 11 is 0. The number of rotatable bonds is 4. The molecule has 1 aromatic carbocycles. The zero-order chi connectivity index (χ0) is 15.2. The van der Waals surface area contributed by atoms with Crippen LogP contribution in [0.2, 0.25) is 0 Å². The van der Waals surface area contributed by atoms with Gasteiger partial charge >= 0.3 is 12.1 Å². The zero-order valence-electron chi connectivity index (χ0n) is 12.5. The van der Waals surface area contributed by atoms with Crippen LogP contribution in [0.25, 0.3) is 0 Å². The Morgan fingerprint density at radius 3 is 2.62 bits per heavy atom. The van der Waals surface area contributed by atoms with E-state index in [0.717, 1.165) is 5.56 Å². The van der Waals surface area contributed by atoms with Crippen molar-refractivity contribution in [3.05, 3.63) is 35.9 Å². The van der Waals surface area contributed by atoms with Gasteiger partial charge in [0.1, 0.15) is 6.61 Å². The lowest BCUT2D eigenvalue weighted by molar-refractivity contribution is -0.147. The normalized spacial score (nSPS) is 21.1. The summed E-state index contributed by atoms with van der Waals surface area (Å²) in [5.41, 5.74) is 0.944. The average Bonchev–Trinajstić information content (AvgIpc) is 2.88. The molecule has 114 valence electrons. The van der Waals surface area contributed by atoms with E-state index < -0.39 is 0 Å². The quantitative estimate of drug-likeness (QED) is 0.800. The molecular formula is C16H21NO4. The highest BCUT2D eigenvalue weighted by atomic mass is 16.6. The van der Waals surface area contributed by atoms with Crippen LogP contribution in [0.4, 0.5) is 4.79 Å². The van der Waals surface area contributed by atoms with Crippen molar-refractivity contribution in [3.8, 4) is 0 Å². The zero-order valence-corrected chi connectivity index (χ0v) is 12.5. The number of hydrogen-bond donors (Lipinski definition) is 0. The number of ether oxygens (including phenoxy) is 2. The van der Waals surface area contributed by atoms with Gasteiger partial charge in [-0.15, -0.1) is 0 Å². The Labute approximate surface area is 124 Å². The van der Waals surface area contributed by atoms with Gasteiger partial charge in [0.15, 0.2) is 0 Å². The topological polar surface area (TPSA) is 55.8 Å². The van der Waals surface area contributed by atoms with E-state index in [1.807, 2.05) is 37.3 Å². The van der Waals surface area contributed by atoms with Gasteiger partial charge in [-0.25, -0.2) is 4.79 Å². The minimum absolute atomic E-state index is 0.0114. The van der Waals surface area contributed by atoms with Crippen LogP contribution >= 0.6 is 0 Å². The molecule has 21 heavy (non-hydrogen) atoms. The van der Waals surface area contributed by atoms with Crippen LogP contribution in [0.1, 0.15) is 25.8 Å². The lowest BCUT2D eigenvalue weighted by Gasteiger charge is -2.20. The second kappa shape index (κ2) is 7.11. The third-order valence-electron chi connectivity index (χ3n) is 3.63. The van der Waals surface area contributed by atoms with Crippen LogP contribution in [-0.2, 0) is 20.9 Å². The lowest BCUT2D eigenvalue weighted by atomic mass is 10.1. The number of hydrogen-bond acceptors (Lipinski definition) is 4. The maximum Gasteiger partial charge on any atom is 0.410 e. The van der Waals surface area contributed by atoms with Crippen LogP contribution in [-0.4, -0.2) is 36.2 Å². The Morgan fingerprint density at radius 2 is 1.95 bits per heavy atom. The Kier molecular flexibility index (Phi) is 5.20. The summed E-state index contributed by atoms with van der Waals surface area (Å²) in [6.07, 6.45) is 0.248. The molecule has 1 aromatic rings. The minimum Gasteiger partial charge on any atom is -0.466 e. The lowest BCUT2D eigenvalue weighted by Crippen LogP contribution is -2.35. The van der Waals surface area contributed by atoms with E-state index in [1.54, 1.807) is 11.8 Å². The molecule has 1 aliphatic rings. The maximum atomic E-state index is 12.1. The van der Waals surface area contributed by atoms with Crippen LogP contribution < -0.4 is 0 Å². The number of likely N-dealkylation sites (tertiary alicyclic amines) is 1. The third kappa shape index (κ3) is 3.97. The van der Waals surface area contributed by atoms with Crippen LogP contribution in [0.5, 0.6) is 0 Å². The molecule has 1 aliphatic heterocycles. The van der Waals surface area contributed by atoms with Crippen molar-refractivity contribution >= 4 is 12.1 Å². The molecule has 1 amide bonds. The van der Waals surface area contributed by atoms with E-state index in [0.29, 0.717) is 19.6 Å². The smallest absolute Gasteiger partial charge is 0.410 e. The van der Waals surface area contributed by atoms with Crippen molar-refractivity contribution in [1.29, 1.82) is 0 Å². The Bertz CT molecular complexity index is 488. The number of nitrogens with zero attached hydrogens (tertiary/aromatic N) is 1. The molecule has 0 radical (unpaired) electrons. The standard InChI is InChI=1S/C16H21NO4/c1-3-20-15(18)14-9-12(2)17(10-14)16(19)21-11-13-7-5-4-6-8-13/h4-8,12,14H,3,9-11H2,1-2H3. The fourth-order valence-corrected chi connectivity index (χ4v) is 2.52. The van der Waals surface area contributed by atoms with Gasteiger partial charge in [-0.2, -0.15) is 0 Å². The highest BCUT2D eigenvalue weighted by Gasteiger charge is 2.37. The Morgan fingerprint density at radius 1 is 1.24 bits per heavy atom. The summed E-state index contributed by atoms with van der Waals surface area (Å²) in [6, 6.07) is 9.52. The summed E-state index contributed by atoms with van der Waals surface area (Å²) < 4.78 is 10.3. The van der Waals surface area contributed by atoms with Gasteiger partial charge < -0.3 is 14.4 Å². The fourth-order valence-electron chi connectivity index (χ4n) is 2.52. The first-order valence-electron chi connectivity index (χ1n) is 7.25. The molecule has 2 rings (SSSR count). The van der Waals surface area contributed by atoms with Crippen molar-refractivity contribution in [2.75, 3.05) is 13.2 Å². The second-order valence-corrected chi connectivity index (χ2v) is 5.23. The molecule has 0 saturated carbocycles. The van der Waals surface area contributed by atoms with Gasteiger partial charge in [0, 0.05) is 12.6 Å². The monoisotopic (exact) mass is 291 g/mol. The Hall–Kier alpha value is -2.04. The number of carbonyl (C=O) groups is 2. The van der Waals surface area contributed by atoms with E-state index >= 15 is 0 Å². The maximum absolute atomic E-state index is 12.1. The van der Waals surface area contributed by atoms with Gasteiger partial charge in [-0.1, -0.05) is 30.3 Å². The van der Waals surface area contributed by atoms with Crippen molar-refractivity contribution in [2.45, 2.75) is 32.9 Å². The number of amides is 1. The van der Waals surface area contributed by atoms with Gasteiger partial charge in [0.2, 0.25) is 0 Å². The molecule has 1 heterocycles. The molecule has 5 heteroatoms. The molecule has 0 aliphatic carbocycles. The SMILES string of the molecule is CCOC(=O)C1CC(C)N(C(=O)OCc2ccccc2)C1. The molecule has 0 spiro atoms. The first kappa shape index (κ1) is 15.4.